The normalized spacial score (nSPS) is 11.8. The number of anilines is 1. The Balaban J connectivity index is 1.58. The number of hydrogen-bond acceptors (Lipinski definition) is 5. The third-order valence-corrected chi connectivity index (χ3v) is 8.17. The molecule has 0 unspecified atom stereocenters. The van der Waals surface area contributed by atoms with Crippen molar-refractivity contribution >= 4 is 49.0 Å². The van der Waals surface area contributed by atoms with Crippen molar-refractivity contribution in [3.8, 4) is 0 Å². The fourth-order valence-corrected chi connectivity index (χ4v) is 6.57. The number of aryl methyl sites for hydroxylation is 1. The zero-order valence-electron chi connectivity index (χ0n) is 14.9. The smallest absolute Gasteiger partial charge is 0.235 e. The molecule has 138 valence electrons. The van der Waals surface area contributed by atoms with Gasteiger partial charge in [0, 0.05) is 12.3 Å². The summed E-state index contributed by atoms with van der Waals surface area (Å²) in [5.41, 5.74) is 2.80. The van der Waals surface area contributed by atoms with E-state index >= 15 is 0 Å². The van der Waals surface area contributed by atoms with Crippen LogP contribution in [-0.4, -0.2) is 31.5 Å². The van der Waals surface area contributed by atoms with E-state index < -0.39 is 10.0 Å². The first-order chi connectivity index (χ1) is 12.5. The second kappa shape index (κ2) is 8.41. The Morgan fingerprint density at radius 1 is 1.15 bits per heavy atom. The van der Waals surface area contributed by atoms with Gasteiger partial charge in [-0.15, -0.1) is 11.3 Å². The van der Waals surface area contributed by atoms with Crippen LogP contribution in [0.15, 0.2) is 52.9 Å². The maximum Gasteiger partial charge on any atom is 0.235 e. The predicted octanol–water partition coefficient (Wildman–Crippen LogP) is 4.94. The van der Waals surface area contributed by atoms with Crippen LogP contribution in [0.5, 0.6) is 0 Å². The van der Waals surface area contributed by atoms with Crippen molar-refractivity contribution in [2.24, 2.45) is 0 Å². The van der Waals surface area contributed by atoms with Crippen LogP contribution < -0.4 is 4.31 Å². The van der Waals surface area contributed by atoms with E-state index in [1.165, 1.54) is 9.01 Å². The predicted molar refractivity (Wildman–Crippen MR) is 113 cm³/mol. The molecule has 0 N–H and O–H groups in total. The second-order valence-corrected chi connectivity index (χ2v) is 10.4. The van der Waals surface area contributed by atoms with E-state index in [-0.39, 0.29) is 5.75 Å². The Hall–Kier alpha value is -1.57. The number of rotatable bonds is 8. The lowest BCUT2D eigenvalue weighted by atomic mass is 10.2. The zero-order valence-corrected chi connectivity index (χ0v) is 17.3. The van der Waals surface area contributed by atoms with Crippen LogP contribution in [0.3, 0.4) is 0 Å². The Kier molecular flexibility index (Phi) is 6.21. The lowest BCUT2D eigenvalue weighted by Gasteiger charge is -2.23. The van der Waals surface area contributed by atoms with Crippen molar-refractivity contribution in [2.45, 2.75) is 24.6 Å². The van der Waals surface area contributed by atoms with Crippen molar-refractivity contribution < 1.29 is 8.42 Å². The summed E-state index contributed by atoms with van der Waals surface area (Å²) in [6.07, 6.45) is 0.602. The molecule has 1 aromatic heterocycles. The number of nitrogens with zero attached hydrogens (tertiary/aromatic N) is 2. The number of sulfonamides is 1. The maximum atomic E-state index is 12.7. The van der Waals surface area contributed by atoms with Crippen molar-refractivity contribution in [1.82, 2.24) is 4.98 Å². The quantitative estimate of drug-likeness (QED) is 0.393. The SMILES string of the molecule is CCN(c1cccc(C)c1)S(=O)(=O)CCCSc1nc2ccccc2s1. The molecular weight excluding hydrogens is 384 g/mol. The van der Waals surface area contributed by atoms with Crippen LogP contribution in [0.1, 0.15) is 18.9 Å². The summed E-state index contributed by atoms with van der Waals surface area (Å²) in [5, 5.41) is 0. The molecule has 0 amide bonds. The van der Waals surface area contributed by atoms with Gasteiger partial charge in [0.2, 0.25) is 10.0 Å². The molecule has 0 aliphatic rings. The lowest BCUT2D eigenvalue weighted by molar-refractivity contribution is 0.590. The molecule has 0 aliphatic carbocycles. The van der Waals surface area contributed by atoms with Gasteiger partial charge in [0.25, 0.3) is 0 Å². The highest BCUT2D eigenvalue weighted by Crippen LogP contribution is 2.30. The summed E-state index contributed by atoms with van der Waals surface area (Å²) >= 11 is 3.29. The van der Waals surface area contributed by atoms with Gasteiger partial charge in [-0.25, -0.2) is 13.4 Å². The molecule has 0 spiro atoms. The van der Waals surface area contributed by atoms with Gasteiger partial charge in [-0.2, -0.15) is 0 Å². The summed E-state index contributed by atoms with van der Waals surface area (Å²) in [6, 6.07) is 15.7. The van der Waals surface area contributed by atoms with Gasteiger partial charge < -0.3 is 0 Å². The Labute approximate surface area is 163 Å². The average Bonchev–Trinajstić information content (AvgIpc) is 3.02. The second-order valence-electron chi connectivity index (χ2n) is 5.97. The monoisotopic (exact) mass is 406 g/mol. The molecule has 0 bridgehead atoms. The van der Waals surface area contributed by atoms with Crippen molar-refractivity contribution in [2.75, 3.05) is 22.4 Å². The molecule has 0 radical (unpaired) electrons. The van der Waals surface area contributed by atoms with E-state index in [1.54, 1.807) is 23.1 Å². The molecule has 0 atom stereocenters. The molecule has 0 fully saturated rings. The highest BCUT2D eigenvalue weighted by Gasteiger charge is 2.20. The highest BCUT2D eigenvalue weighted by molar-refractivity contribution is 8.01. The number of aromatic nitrogens is 1. The first kappa shape index (κ1) is 19.2. The van der Waals surface area contributed by atoms with Gasteiger partial charge in [0.1, 0.15) is 0 Å². The van der Waals surface area contributed by atoms with Crippen LogP contribution in [0.25, 0.3) is 10.2 Å². The van der Waals surface area contributed by atoms with Crippen LogP contribution in [0, 0.1) is 6.92 Å². The van der Waals surface area contributed by atoms with Crippen LogP contribution >= 0.6 is 23.1 Å². The first-order valence-corrected chi connectivity index (χ1v) is 12.0. The third kappa shape index (κ3) is 4.58. The fraction of sp³-hybridized carbons (Fsp3) is 0.316. The Bertz CT molecular complexity index is 950. The largest absolute Gasteiger partial charge is 0.271 e. The van der Waals surface area contributed by atoms with Gasteiger partial charge in [0.05, 0.1) is 21.7 Å². The molecule has 7 heteroatoms. The molecule has 2 aromatic carbocycles. The number of benzene rings is 2. The van der Waals surface area contributed by atoms with Gasteiger partial charge in [-0.05, 0) is 50.1 Å². The number of fused-ring (bicyclic) bond motifs is 1. The number of thiazole rings is 1. The Morgan fingerprint density at radius 3 is 2.69 bits per heavy atom. The van der Waals surface area contributed by atoms with Crippen LogP contribution in [0.2, 0.25) is 0 Å². The number of para-hydroxylation sites is 1. The summed E-state index contributed by atoms with van der Waals surface area (Å²) < 4.78 is 29.1. The molecule has 3 aromatic rings. The molecule has 0 aliphatic heterocycles. The van der Waals surface area contributed by atoms with E-state index in [4.69, 9.17) is 0 Å². The minimum atomic E-state index is -3.32. The Morgan fingerprint density at radius 2 is 1.96 bits per heavy atom. The molecule has 1 heterocycles. The van der Waals surface area contributed by atoms with E-state index in [0.29, 0.717) is 13.0 Å². The first-order valence-electron chi connectivity index (χ1n) is 8.55. The molecule has 0 saturated carbocycles. The van der Waals surface area contributed by atoms with Gasteiger partial charge >= 0.3 is 0 Å². The van der Waals surface area contributed by atoms with Gasteiger partial charge in [-0.3, -0.25) is 4.31 Å². The van der Waals surface area contributed by atoms with E-state index in [1.807, 2.05) is 56.3 Å². The van der Waals surface area contributed by atoms with Crippen LogP contribution in [-0.2, 0) is 10.0 Å². The van der Waals surface area contributed by atoms with E-state index in [0.717, 1.165) is 26.9 Å². The molecule has 26 heavy (non-hydrogen) atoms. The minimum absolute atomic E-state index is 0.146. The van der Waals surface area contributed by atoms with Crippen molar-refractivity contribution in [1.29, 1.82) is 0 Å². The lowest BCUT2D eigenvalue weighted by Crippen LogP contribution is -2.33. The average molecular weight is 407 g/mol. The molecule has 0 saturated heterocycles. The summed E-state index contributed by atoms with van der Waals surface area (Å²) in [6.45, 7) is 4.28. The topological polar surface area (TPSA) is 50.3 Å². The van der Waals surface area contributed by atoms with E-state index in [2.05, 4.69) is 11.1 Å². The maximum absolute atomic E-state index is 12.7. The number of thioether (sulfide) groups is 1. The van der Waals surface area contributed by atoms with E-state index in [9.17, 15) is 8.42 Å². The number of hydrogen-bond donors (Lipinski definition) is 0. The van der Waals surface area contributed by atoms with Crippen LogP contribution in [0.4, 0.5) is 5.69 Å². The van der Waals surface area contributed by atoms with Gasteiger partial charge in [-0.1, -0.05) is 36.0 Å². The fourth-order valence-electron chi connectivity index (χ4n) is 2.75. The highest BCUT2D eigenvalue weighted by atomic mass is 32.2. The molecule has 3 rings (SSSR count). The zero-order chi connectivity index (χ0) is 18.6. The molecular formula is C19H22N2O2S3. The summed E-state index contributed by atoms with van der Waals surface area (Å²) in [5.74, 6) is 0.886. The molecule has 4 nitrogen and oxygen atoms in total. The van der Waals surface area contributed by atoms with Crippen molar-refractivity contribution in [3.05, 3.63) is 54.1 Å². The summed E-state index contributed by atoms with van der Waals surface area (Å²) in [4.78, 5) is 4.58. The minimum Gasteiger partial charge on any atom is -0.271 e. The third-order valence-electron chi connectivity index (χ3n) is 3.96. The van der Waals surface area contributed by atoms with Gasteiger partial charge in [0.15, 0.2) is 4.34 Å². The standard InChI is InChI=1S/C19H22N2O2S3/c1-3-21(16-9-6-8-15(2)14-16)26(22,23)13-7-12-24-19-20-17-10-4-5-11-18(17)25-19/h4-6,8-11,14H,3,7,12-13H2,1-2H3. The van der Waals surface area contributed by atoms with Crippen molar-refractivity contribution in [3.63, 3.8) is 0 Å². The summed E-state index contributed by atoms with van der Waals surface area (Å²) in [7, 11) is -3.32.